The van der Waals surface area contributed by atoms with Gasteiger partial charge >= 0.3 is 5.97 Å². The molecule has 6 nitrogen and oxygen atoms in total. The Bertz CT molecular complexity index is 451. The summed E-state index contributed by atoms with van der Waals surface area (Å²) in [6, 6.07) is 1.29. The molecule has 0 bridgehead atoms. The van der Waals surface area contributed by atoms with E-state index in [9.17, 15) is 9.59 Å². The highest BCUT2D eigenvalue weighted by Crippen LogP contribution is 2.09. The van der Waals surface area contributed by atoms with Crippen LogP contribution in [0.4, 0.5) is 0 Å². The minimum atomic E-state index is -0.921. The van der Waals surface area contributed by atoms with Crippen LogP contribution in [0.25, 0.3) is 0 Å². The second kappa shape index (κ2) is 5.66. The van der Waals surface area contributed by atoms with Crippen LogP contribution in [0.5, 0.6) is 0 Å². The van der Waals surface area contributed by atoms with Crippen LogP contribution in [0.15, 0.2) is 6.07 Å². The van der Waals surface area contributed by atoms with E-state index in [1.54, 1.807) is 20.0 Å². The zero-order chi connectivity index (χ0) is 13.9. The molecule has 2 N–H and O–H groups in total. The number of rotatable bonds is 5. The van der Waals surface area contributed by atoms with Gasteiger partial charge < -0.3 is 10.4 Å². The molecule has 0 aliphatic carbocycles. The molecular weight excluding hydrogens is 234 g/mol. The van der Waals surface area contributed by atoms with E-state index in [1.807, 2.05) is 13.8 Å². The summed E-state index contributed by atoms with van der Waals surface area (Å²) in [4.78, 5) is 22.7. The van der Waals surface area contributed by atoms with Gasteiger partial charge in [-0.3, -0.25) is 14.3 Å². The van der Waals surface area contributed by atoms with Crippen LogP contribution >= 0.6 is 0 Å². The first-order chi connectivity index (χ1) is 8.31. The number of aromatic nitrogens is 2. The monoisotopic (exact) mass is 253 g/mol. The molecule has 0 saturated carbocycles. The fourth-order valence-electron chi connectivity index (χ4n) is 1.71. The molecule has 0 aliphatic rings. The van der Waals surface area contributed by atoms with Crippen molar-refractivity contribution in [3.8, 4) is 0 Å². The first kappa shape index (κ1) is 14.2. The minimum Gasteiger partial charge on any atom is -0.481 e. The van der Waals surface area contributed by atoms with Gasteiger partial charge in [0.05, 0.1) is 12.1 Å². The van der Waals surface area contributed by atoms with Gasteiger partial charge in [0.1, 0.15) is 5.69 Å². The molecule has 1 rings (SSSR count). The number of hydrogen-bond acceptors (Lipinski definition) is 3. The zero-order valence-corrected chi connectivity index (χ0v) is 11.1. The number of amides is 1. The van der Waals surface area contributed by atoms with Crippen LogP contribution in [-0.4, -0.2) is 32.8 Å². The Balaban J connectivity index is 2.78. The largest absolute Gasteiger partial charge is 0.481 e. The number of nitrogens with zero attached hydrogens (tertiary/aromatic N) is 2. The Morgan fingerprint density at radius 3 is 2.50 bits per heavy atom. The van der Waals surface area contributed by atoms with Crippen LogP contribution in [0.3, 0.4) is 0 Å². The molecule has 1 unspecified atom stereocenters. The molecule has 0 fully saturated rings. The van der Waals surface area contributed by atoms with Gasteiger partial charge in [0, 0.05) is 13.1 Å². The molecule has 0 saturated heterocycles. The number of carbonyl (C=O) groups is 2. The van der Waals surface area contributed by atoms with Gasteiger partial charge in [0.25, 0.3) is 5.91 Å². The maximum Gasteiger partial charge on any atom is 0.305 e. The minimum absolute atomic E-state index is 0.0550. The lowest BCUT2D eigenvalue weighted by Crippen LogP contribution is -2.40. The van der Waals surface area contributed by atoms with Crippen molar-refractivity contribution >= 4 is 11.9 Å². The molecule has 1 aromatic heterocycles. The van der Waals surface area contributed by atoms with Gasteiger partial charge in [-0.2, -0.15) is 5.10 Å². The maximum atomic E-state index is 12.0. The van der Waals surface area contributed by atoms with Crippen molar-refractivity contribution < 1.29 is 14.7 Å². The van der Waals surface area contributed by atoms with Gasteiger partial charge in [-0.25, -0.2) is 0 Å². The maximum absolute atomic E-state index is 12.0. The lowest BCUT2D eigenvalue weighted by atomic mass is 10.0. The van der Waals surface area contributed by atoms with E-state index >= 15 is 0 Å². The topological polar surface area (TPSA) is 84.2 Å². The predicted octanol–water partition coefficient (Wildman–Crippen LogP) is 0.958. The highest BCUT2D eigenvalue weighted by atomic mass is 16.4. The number of carboxylic acid groups (broad SMARTS) is 1. The molecule has 18 heavy (non-hydrogen) atoms. The van der Waals surface area contributed by atoms with Crippen LogP contribution in [0.1, 0.15) is 36.5 Å². The molecule has 0 aromatic carbocycles. The fourth-order valence-corrected chi connectivity index (χ4v) is 1.71. The van der Waals surface area contributed by atoms with Gasteiger partial charge in [0.2, 0.25) is 0 Å². The van der Waals surface area contributed by atoms with E-state index in [4.69, 9.17) is 5.11 Å². The fraction of sp³-hybridized carbons (Fsp3) is 0.583. The summed E-state index contributed by atoms with van der Waals surface area (Å²) < 4.78 is 1.49. The molecular formula is C12H19N3O3. The Morgan fingerprint density at radius 2 is 2.11 bits per heavy atom. The molecule has 100 valence electrons. The molecule has 1 atom stereocenters. The number of carbonyl (C=O) groups excluding carboxylic acids is 1. The second-order valence-corrected chi connectivity index (χ2v) is 4.72. The number of carboxylic acids is 1. The van der Waals surface area contributed by atoms with E-state index in [-0.39, 0.29) is 24.3 Å². The Morgan fingerprint density at radius 1 is 1.50 bits per heavy atom. The van der Waals surface area contributed by atoms with Crippen LogP contribution < -0.4 is 5.32 Å². The van der Waals surface area contributed by atoms with Crippen molar-refractivity contribution in [1.82, 2.24) is 15.1 Å². The van der Waals surface area contributed by atoms with Crippen molar-refractivity contribution in [2.24, 2.45) is 13.0 Å². The van der Waals surface area contributed by atoms with E-state index in [0.29, 0.717) is 5.69 Å². The lowest BCUT2D eigenvalue weighted by Gasteiger charge is -2.20. The van der Waals surface area contributed by atoms with E-state index in [1.165, 1.54) is 4.68 Å². The summed E-state index contributed by atoms with van der Waals surface area (Å²) in [5.74, 6) is -1.16. The molecule has 6 heteroatoms. The van der Waals surface area contributed by atoms with Crippen molar-refractivity contribution in [2.75, 3.05) is 0 Å². The Hall–Kier alpha value is -1.85. The lowest BCUT2D eigenvalue weighted by molar-refractivity contribution is -0.137. The molecule has 1 amide bonds. The predicted molar refractivity (Wildman–Crippen MR) is 66.3 cm³/mol. The number of aliphatic carboxylic acids is 1. The van der Waals surface area contributed by atoms with E-state index in [0.717, 1.165) is 5.69 Å². The van der Waals surface area contributed by atoms with Crippen molar-refractivity contribution in [2.45, 2.75) is 33.2 Å². The van der Waals surface area contributed by atoms with Crippen molar-refractivity contribution in [1.29, 1.82) is 0 Å². The van der Waals surface area contributed by atoms with Crippen LogP contribution in [0, 0.1) is 12.8 Å². The van der Waals surface area contributed by atoms with Gasteiger partial charge in [-0.15, -0.1) is 0 Å². The number of nitrogens with one attached hydrogen (secondary N) is 1. The summed E-state index contributed by atoms with van der Waals surface area (Å²) in [5, 5.41) is 15.6. The Labute approximate surface area is 106 Å². The first-order valence-electron chi connectivity index (χ1n) is 5.84. The first-order valence-corrected chi connectivity index (χ1v) is 5.84. The highest BCUT2D eigenvalue weighted by molar-refractivity contribution is 5.93. The third kappa shape index (κ3) is 3.58. The smallest absolute Gasteiger partial charge is 0.305 e. The summed E-state index contributed by atoms with van der Waals surface area (Å²) in [6.07, 6.45) is -0.0831. The molecule has 0 radical (unpaired) electrons. The van der Waals surface area contributed by atoms with Crippen molar-refractivity contribution in [3.63, 3.8) is 0 Å². The number of hydrogen-bond donors (Lipinski definition) is 2. The number of aryl methyl sites for hydroxylation is 2. The van der Waals surface area contributed by atoms with Crippen LogP contribution in [-0.2, 0) is 11.8 Å². The molecule has 0 aliphatic heterocycles. The van der Waals surface area contributed by atoms with Gasteiger partial charge in [-0.05, 0) is 18.9 Å². The summed E-state index contributed by atoms with van der Waals surface area (Å²) >= 11 is 0. The second-order valence-electron chi connectivity index (χ2n) is 4.72. The van der Waals surface area contributed by atoms with E-state index in [2.05, 4.69) is 10.4 Å². The van der Waals surface area contributed by atoms with Gasteiger partial charge in [-0.1, -0.05) is 13.8 Å². The molecule has 1 aromatic rings. The van der Waals surface area contributed by atoms with Gasteiger partial charge in [0.15, 0.2) is 0 Å². The molecule has 1 heterocycles. The van der Waals surface area contributed by atoms with Crippen molar-refractivity contribution in [3.05, 3.63) is 17.5 Å². The standard InChI is InChI=1S/C12H19N3O3/c1-7(2)9(6-11(16)17)13-12(18)10-5-8(3)14-15(10)4/h5,7,9H,6H2,1-4H3,(H,13,18)(H,16,17). The third-order valence-corrected chi connectivity index (χ3v) is 2.75. The zero-order valence-electron chi connectivity index (χ0n) is 11.1. The summed E-state index contributed by atoms with van der Waals surface area (Å²) in [7, 11) is 1.68. The summed E-state index contributed by atoms with van der Waals surface area (Å²) in [5.41, 5.74) is 1.19. The normalized spacial score (nSPS) is 12.5. The Kier molecular flexibility index (Phi) is 4.47. The van der Waals surface area contributed by atoms with E-state index < -0.39 is 5.97 Å². The highest BCUT2D eigenvalue weighted by Gasteiger charge is 2.21. The average Bonchev–Trinajstić information content (AvgIpc) is 2.56. The SMILES string of the molecule is Cc1cc(C(=O)NC(CC(=O)O)C(C)C)n(C)n1. The third-order valence-electron chi connectivity index (χ3n) is 2.75. The summed E-state index contributed by atoms with van der Waals surface area (Å²) in [6.45, 7) is 5.55. The van der Waals surface area contributed by atoms with Crippen LogP contribution in [0.2, 0.25) is 0 Å². The quantitative estimate of drug-likeness (QED) is 0.818. The average molecular weight is 253 g/mol. The molecule has 0 spiro atoms.